The average molecular weight is 491 g/mol. The minimum atomic E-state index is -5.08. The summed E-state index contributed by atoms with van der Waals surface area (Å²) in [7, 11) is -1.20. The van der Waals surface area contributed by atoms with Crippen LogP contribution in [0.1, 0.15) is 17.8 Å². The van der Waals surface area contributed by atoms with Crippen molar-refractivity contribution in [3.05, 3.63) is 35.9 Å². The molecule has 2 aliphatic rings. The molecule has 0 aromatic carbocycles. The van der Waals surface area contributed by atoms with Crippen molar-refractivity contribution in [1.82, 2.24) is 24.6 Å². The predicted octanol–water partition coefficient (Wildman–Crippen LogP) is 1.22. The molecule has 0 aliphatic carbocycles. The van der Waals surface area contributed by atoms with Gasteiger partial charge in [0.15, 0.2) is 9.84 Å². The Hall–Kier alpha value is -2.74. The second-order valence-corrected chi connectivity index (χ2v) is 10.5. The summed E-state index contributed by atoms with van der Waals surface area (Å²) in [5.74, 6) is -2.55. The highest BCUT2D eigenvalue weighted by atomic mass is 32.2. The molecule has 2 aromatic rings. The smallest absolute Gasteiger partial charge is 0.475 e. The minimum absolute atomic E-state index is 0.0270. The Balaban J connectivity index is 0.000000383. The summed E-state index contributed by atoms with van der Waals surface area (Å²) in [6, 6.07) is 4.06. The van der Waals surface area contributed by atoms with E-state index in [2.05, 4.69) is 20.0 Å². The first-order chi connectivity index (χ1) is 15.3. The van der Waals surface area contributed by atoms with Gasteiger partial charge >= 0.3 is 18.2 Å². The summed E-state index contributed by atoms with van der Waals surface area (Å²) in [6.07, 6.45) is -1.22. The second-order valence-electron chi connectivity index (χ2n) is 8.06. The van der Waals surface area contributed by atoms with Gasteiger partial charge in [-0.2, -0.15) is 18.3 Å². The number of rotatable bonds is 5. The molecule has 2 aliphatic heterocycles. The SMILES string of the molecule is Cc1cc(CN2CC3(C2)C(COc2ncccn2)CCS3(=O)=O)n(C)n1.O=C(O)C(F)(F)F. The lowest BCUT2D eigenvalue weighted by atomic mass is 9.83. The van der Waals surface area contributed by atoms with E-state index in [4.69, 9.17) is 14.6 Å². The summed E-state index contributed by atoms with van der Waals surface area (Å²) < 4.78 is 64.0. The molecule has 0 amide bonds. The van der Waals surface area contributed by atoms with Gasteiger partial charge in [-0.1, -0.05) is 0 Å². The highest BCUT2D eigenvalue weighted by Gasteiger charge is 2.61. The number of ether oxygens (including phenoxy) is 1. The largest absolute Gasteiger partial charge is 0.490 e. The molecule has 4 rings (SSSR count). The van der Waals surface area contributed by atoms with Gasteiger partial charge in [-0.15, -0.1) is 0 Å². The van der Waals surface area contributed by atoms with Crippen LogP contribution in [0.3, 0.4) is 0 Å². The van der Waals surface area contributed by atoms with Crippen LogP contribution in [0.5, 0.6) is 6.01 Å². The third kappa shape index (κ3) is 5.43. The van der Waals surface area contributed by atoms with Crippen LogP contribution in [0.4, 0.5) is 13.2 Å². The Bertz CT molecular complexity index is 1080. The van der Waals surface area contributed by atoms with Crippen LogP contribution in [-0.4, -0.2) is 80.5 Å². The van der Waals surface area contributed by atoms with Crippen LogP contribution in [-0.2, 0) is 28.2 Å². The van der Waals surface area contributed by atoms with Crippen molar-refractivity contribution in [2.45, 2.75) is 30.8 Å². The highest BCUT2D eigenvalue weighted by Crippen LogP contribution is 2.45. The number of hydrogen-bond donors (Lipinski definition) is 1. The molecule has 1 N–H and O–H groups in total. The molecule has 182 valence electrons. The van der Waals surface area contributed by atoms with Crippen molar-refractivity contribution in [2.24, 2.45) is 13.0 Å². The van der Waals surface area contributed by atoms with Crippen molar-refractivity contribution in [1.29, 1.82) is 0 Å². The van der Waals surface area contributed by atoms with Crippen molar-refractivity contribution in [3.63, 3.8) is 0 Å². The third-order valence-electron chi connectivity index (χ3n) is 5.76. The first-order valence-electron chi connectivity index (χ1n) is 9.98. The van der Waals surface area contributed by atoms with E-state index in [9.17, 15) is 21.6 Å². The van der Waals surface area contributed by atoms with Gasteiger partial charge in [-0.05, 0) is 25.5 Å². The number of hydrogen-bond acceptors (Lipinski definition) is 8. The Morgan fingerprint density at radius 2 is 1.91 bits per heavy atom. The van der Waals surface area contributed by atoms with Gasteiger partial charge in [-0.25, -0.2) is 23.2 Å². The van der Waals surface area contributed by atoms with Crippen molar-refractivity contribution in [2.75, 3.05) is 25.4 Å². The molecule has 1 atom stereocenters. The summed E-state index contributed by atoms with van der Waals surface area (Å²) in [5, 5.41) is 11.5. The summed E-state index contributed by atoms with van der Waals surface area (Å²) in [6.45, 7) is 4.10. The molecule has 33 heavy (non-hydrogen) atoms. The number of sulfone groups is 1. The van der Waals surface area contributed by atoms with E-state index in [1.165, 1.54) is 0 Å². The number of aliphatic carboxylic acids is 1. The molecule has 2 fully saturated rings. The Morgan fingerprint density at radius 3 is 2.42 bits per heavy atom. The van der Waals surface area contributed by atoms with E-state index >= 15 is 0 Å². The molecule has 2 saturated heterocycles. The summed E-state index contributed by atoms with van der Waals surface area (Å²) >= 11 is 0. The maximum absolute atomic E-state index is 12.7. The van der Waals surface area contributed by atoms with Gasteiger partial charge in [0.1, 0.15) is 4.75 Å². The lowest BCUT2D eigenvalue weighted by Gasteiger charge is -2.49. The monoisotopic (exact) mass is 491 g/mol. The zero-order valence-corrected chi connectivity index (χ0v) is 18.8. The van der Waals surface area contributed by atoms with E-state index in [0.717, 1.165) is 11.4 Å². The molecule has 0 bridgehead atoms. The van der Waals surface area contributed by atoms with Gasteiger partial charge < -0.3 is 9.84 Å². The van der Waals surface area contributed by atoms with Gasteiger partial charge in [0, 0.05) is 45.0 Å². The molecular weight excluding hydrogens is 467 g/mol. The molecule has 2 aromatic heterocycles. The number of halogens is 3. The van der Waals surface area contributed by atoms with Crippen molar-refractivity contribution >= 4 is 15.8 Å². The van der Waals surface area contributed by atoms with Crippen LogP contribution < -0.4 is 4.74 Å². The number of aryl methyl sites for hydroxylation is 2. The zero-order valence-electron chi connectivity index (χ0n) is 18.0. The lowest BCUT2D eigenvalue weighted by Crippen LogP contribution is -2.67. The Kier molecular flexibility index (Phi) is 6.98. The molecule has 14 heteroatoms. The van der Waals surface area contributed by atoms with Crippen LogP contribution in [0.2, 0.25) is 0 Å². The molecule has 0 saturated carbocycles. The number of nitrogens with zero attached hydrogens (tertiary/aromatic N) is 5. The van der Waals surface area contributed by atoms with Gasteiger partial charge in [0.25, 0.3) is 0 Å². The number of carboxylic acids is 1. The van der Waals surface area contributed by atoms with Crippen LogP contribution in [0.15, 0.2) is 24.5 Å². The first-order valence-corrected chi connectivity index (χ1v) is 11.6. The third-order valence-corrected chi connectivity index (χ3v) is 8.37. The minimum Gasteiger partial charge on any atom is -0.475 e. The van der Waals surface area contributed by atoms with Crippen molar-refractivity contribution < 1.29 is 36.2 Å². The molecule has 4 heterocycles. The summed E-state index contributed by atoms with van der Waals surface area (Å²) in [4.78, 5) is 19.2. The average Bonchev–Trinajstić information content (AvgIpc) is 3.15. The van der Waals surface area contributed by atoms with Crippen LogP contribution in [0, 0.1) is 12.8 Å². The summed E-state index contributed by atoms with van der Waals surface area (Å²) in [5.41, 5.74) is 2.07. The Labute approximate surface area is 188 Å². The van der Waals surface area contributed by atoms with E-state index in [1.807, 2.05) is 24.7 Å². The van der Waals surface area contributed by atoms with E-state index in [1.54, 1.807) is 18.5 Å². The maximum atomic E-state index is 12.7. The Morgan fingerprint density at radius 1 is 1.30 bits per heavy atom. The normalized spacial score (nSPS) is 21.2. The van der Waals surface area contributed by atoms with Gasteiger partial charge in [0.2, 0.25) is 0 Å². The van der Waals surface area contributed by atoms with E-state index < -0.39 is 26.7 Å². The molecule has 10 nitrogen and oxygen atoms in total. The number of aromatic nitrogens is 4. The number of likely N-dealkylation sites (tertiary alicyclic amines) is 1. The molecule has 1 spiro atoms. The lowest BCUT2D eigenvalue weighted by molar-refractivity contribution is -0.192. The molecule has 1 unspecified atom stereocenters. The topological polar surface area (TPSA) is 128 Å². The number of carboxylic acid groups (broad SMARTS) is 1. The van der Waals surface area contributed by atoms with E-state index in [-0.39, 0.29) is 11.7 Å². The van der Waals surface area contributed by atoms with Gasteiger partial charge in [0.05, 0.1) is 23.7 Å². The second kappa shape index (κ2) is 9.25. The van der Waals surface area contributed by atoms with E-state index in [0.29, 0.717) is 38.7 Å². The predicted molar refractivity (Wildman–Crippen MR) is 109 cm³/mol. The molecular formula is C19H24F3N5O5S. The van der Waals surface area contributed by atoms with Crippen LogP contribution in [0.25, 0.3) is 0 Å². The number of alkyl halides is 3. The fraction of sp³-hybridized carbons (Fsp3) is 0.579. The maximum Gasteiger partial charge on any atom is 0.490 e. The van der Waals surface area contributed by atoms with Crippen LogP contribution >= 0.6 is 0 Å². The molecule has 0 radical (unpaired) electrons. The fourth-order valence-corrected chi connectivity index (χ4v) is 6.56. The van der Waals surface area contributed by atoms with Crippen molar-refractivity contribution in [3.8, 4) is 6.01 Å². The highest BCUT2D eigenvalue weighted by molar-refractivity contribution is 7.93. The number of carbonyl (C=O) groups is 1. The zero-order chi connectivity index (χ0) is 24.4. The quantitative estimate of drug-likeness (QED) is 0.657. The fourth-order valence-electron chi connectivity index (χ4n) is 4.11. The van der Waals surface area contributed by atoms with Gasteiger partial charge in [-0.3, -0.25) is 9.58 Å². The first kappa shape index (κ1) is 24.9. The standard InChI is InChI=1S/C17H23N5O3S.C2HF3O2/c1-13-8-15(21(2)20-13)9-22-11-17(12-22)14(4-7-26(17,23)24)10-25-16-18-5-3-6-19-16;3-2(4,5)1(6)7/h3,5-6,8,14H,4,7,9-12H2,1-2H3;(H,6,7).